The van der Waals surface area contributed by atoms with Crippen molar-refractivity contribution in [1.82, 2.24) is 4.98 Å². The number of rotatable bonds is 6. The molecule has 0 amide bonds. The molecular weight excluding hydrogens is 454 g/mol. The van der Waals surface area contributed by atoms with Gasteiger partial charge >= 0.3 is 5.97 Å². The van der Waals surface area contributed by atoms with Gasteiger partial charge in [-0.15, -0.1) is 11.3 Å². The van der Waals surface area contributed by atoms with Crippen LogP contribution in [0.25, 0.3) is 10.9 Å². The van der Waals surface area contributed by atoms with E-state index in [1.54, 1.807) is 12.1 Å². The minimum atomic E-state index is -4.55. The summed E-state index contributed by atoms with van der Waals surface area (Å²) in [4.78, 5) is 15.2. The van der Waals surface area contributed by atoms with Gasteiger partial charge in [0.2, 0.25) is 0 Å². The summed E-state index contributed by atoms with van der Waals surface area (Å²) < 4.78 is 85.2. The van der Waals surface area contributed by atoms with Crippen molar-refractivity contribution in [3.05, 3.63) is 87.8 Å². The van der Waals surface area contributed by atoms with Gasteiger partial charge in [-0.3, -0.25) is 4.79 Å². The third-order valence-electron chi connectivity index (χ3n) is 4.64. The van der Waals surface area contributed by atoms with Crippen LogP contribution in [0.2, 0.25) is 0 Å². The first-order valence-electron chi connectivity index (χ1n) is 13.2. The highest BCUT2D eigenvalue weighted by Crippen LogP contribution is 2.27. The number of fused-ring (bicyclic) bond motifs is 1. The molecule has 0 bridgehead atoms. The van der Waals surface area contributed by atoms with Gasteiger partial charge in [0.1, 0.15) is 4.21 Å². The molecule has 4 aromatic rings. The van der Waals surface area contributed by atoms with Crippen LogP contribution in [0.4, 0.5) is 0 Å². The fourth-order valence-corrected chi connectivity index (χ4v) is 5.49. The van der Waals surface area contributed by atoms with Crippen LogP contribution >= 0.6 is 11.3 Å². The predicted octanol–water partition coefficient (Wildman–Crippen LogP) is 4.96. The van der Waals surface area contributed by atoms with Crippen LogP contribution in [0, 0.1) is 31.6 Å². The number of carbonyl (C=O) groups is 1. The lowest BCUT2D eigenvalue weighted by Gasteiger charge is -2.12. The second-order valence-corrected chi connectivity index (χ2v) is 10.6. The van der Waals surface area contributed by atoms with Crippen LogP contribution < -0.4 is 0 Å². The standard InChI is InChI=1S/C26H23NO4S2/c1-17-3-6-19(7-4-17)8-9-22-10-12-25(32-22)33(30,31)16-21(26(28)29)14-20-15-27-24-11-5-18(2)13-23(20)24/h3-7,10-13,15,21,27H,14,16H2,1-2H3,(H,28,29)/i5D,11D,13D,14D2,15D,21D. The van der Waals surface area contributed by atoms with Gasteiger partial charge in [0.05, 0.1) is 22.0 Å². The number of aromatic nitrogens is 1. The highest BCUT2D eigenvalue weighted by Gasteiger charge is 2.28. The van der Waals surface area contributed by atoms with Gasteiger partial charge in [0.15, 0.2) is 9.84 Å². The highest BCUT2D eigenvalue weighted by atomic mass is 32.2. The predicted molar refractivity (Wildman–Crippen MR) is 131 cm³/mol. The van der Waals surface area contributed by atoms with E-state index >= 15 is 0 Å². The Morgan fingerprint density at radius 3 is 2.67 bits per heavy atom. The first-order valence-corrected chi connectivity index (χ1v) is 12.2. The Morgan fingerprint density at radius 1 is 1.18 bits per heavy atom. The number of thiophene rings is 1. The maximum absolute atomic E-state index is 13.3. The number of hydrogen-bond donors (Lipinski definition) is 2. The smallest absolute Gasteiger partial charge is 0.307 e. The number of nitrogens with one attached hydrogen (secondary N) is 1. The van der Waals surface area contributed by atoms with Crippen LogP contribution in [-0.4, -0.2) is 30.2 Å². The van der Waals surface area contributed by atoms with E-state index in [-0.39, 0.29) is 26.7 Å². The van der Waals surface area contributed by atoms with Crippen molar-refractivity contribution in [1.29, 1.82) is 0 Å². The van der Waals surface area contributed by atoms with Crippen molar-refractivity contribution in [2.45, 2.75) is 24.4 Å². The van der Waals surface area contributed by atoms with E-state index in [4.69, 9.17) is 9.60 Å². The summed E-state index contributed by atoms with van der Waals surface area (Å²) in [6, 6.07) is 8.82. The average molecular weight is 485 g/mol. The molecular formula is C26H23NO4S2. The summed E-state index contributed by atoms with van der Waals surface area (Å²) >= 11 is 0.757. The molecule has 5 nitrogen and oxygen atoms in total. The maximum Gasteiger partial charge on any atom is 0.307 e. The lowest BCUT2D eigenvalue weighted by Crippen LogP contribution is -2.25. The van der Waals surface area contributed by atoms with Crippen LogP contribution in [-0.2, 0) is 21.0 Å². The Kier molecular flexibility index (Phi) is 4.35. The Morgan fingerprint density at radius 2 is 1.94 bits per heavy atom. The normalized spacial score (nSPS) is 16.7. The van der Waals surface area contributed by atoms with Crippen LogP contribution in [0.1, 0.15) is 36.7 Å². The fourth-order valence-electron chi connectivity index (χ4n) is 2.95. The quantitative estimate of drug-likeness (QED) is 0.379. The van der Waals surface area contributed by atoms with Crippen molar-refractivity contribution in [3.8, 4) is 11.8 Å². The lowest BCUT2D eigenvalue weighted by atomic mass is 10.00. The van der Waals surface area contributed by atoms with Crippen LogP contribution in [0.5, 0.6) is 0 Å². The molecule has 7 heteroatoms. The van der Waals surface area contributed by atoms with Crippen molar-refractivity contribution in [2.75, 3.05) is 5.75 Å². The van der Waals surface area contributed by atoms with E-state index in [9.17, 15) is 18.3 Å². The van der Waals surface area contributed by atoms with Crippen LogP contribution in [0.3, 0.4) is 0 Å². The Labute approximate surface area is 206 Å². The number of aliphatic carboxylic acids is 1. The largest absolute Gasteiger partial charge is 0.481 e. The lowest BCUT2D eigenvalue weighted by molar-refractivity contribution is -0.140. The van der Waals surface area contributed by atoms with Gasteiger partial charge < -0.3 is 10.1 Å². The molecule has 0 saturated carbocycles. The van der Waals surface area contributed by atoms with Gasteiger partial charge in [-0.05, 0) is 62.1 Å². The van der Waals surface area contributed by atoms with Crippen molar-refractivity contribution < 1.29 is 27.9 Å². The molecule has 1 atom stereocenters. The van der Waals surface area contributed by atoms with Crippen molar-refractivity contribution >= 4 is 38.0 Å². The van der Waals surface area contributed by atoms with Gasteiger partial charge in [-0.2, -0.15) is 0 Å². The minimum Gasteiger partial charge on any atom is -0.481 e. The van der Waals surface area contributed by atoms with E-state index in [1.165, 1.54) is 19.1 Å². The number of carboxylic acids is 1. The average Bonchev–Trinajstić information content (AvgIpc) is 3.51. The third-order valence-corrected chi connectivity index (χ3v) is 7.86. The van der Waals surface area contributed by atoms with E-state index in [0.717, 1.165) is 16.9 Å². The molecule has 0 saturated heterocycles. The number of aromatic amines is 1. The molecule has 0 fully saturated rings. The van der Waals surface area contributed by atoms with Crippen LogP contribution in [0.15, 0.2) is 64.9 Å². The number of H-pyrrole nitrogens is 1. The molecule has 4 rings (SSSR count). The molecule has 2 heterocycles. The molecule has 2 N–H and O–H groups in total. The third kappa shape index (κ3) is 5.36. The fraction of sp³-hybridized carbons (Fsp3) is 0.192. The zero-order chi connectivity index (χ0) is 29.8. The number of benzene rings is 2. The summed E-state index contributed by atoms with van der Waals surface area (Å²) in [6.45, 7) is 3.28. The monoisotopic (exact) mass is 484 g/mol. The molecule has 1 unspecified atom stereocenters. The summed E-state index contributed by atoms with van der Waals surface area (Å²) in [5.41, 5.74) is 0.773. The Bertz CT molecular complexity index is 1830. The number of aryl methyl sites for hydroxylation is 1. The Balaban J connectivity index is 1.77. The molecule has 33 heavy (non-hydrogen) atoms. The number of sulfone groups is 1. The molecule has 2 aromatic heterocycles. The second kappa shape index (κ2) is 9.26. The Hall–Kier alpha value is -3.34. The minimum absolute atomic E-state index is 0.00932. The van der Waals surface area contributed by atoms with E-state index < -0.39 is 57.6 Å². The molecule has 2 aromatic carbocycles. The number of carboxylic acid groups (broad SMARTS) is 1. The second-order valence-electron chi connectivity index (χ2n) is 7.28. The molecule has 0 aliphatic carbocycles. The van der Waals surface area contributed by atoms with Crippen molar-refractivity contribution in [2.24, 2.45) is 5.89 Å². The summed E-state index contributed by atoms with van der Waals surface area (Å²) in [7, 11) is -4.55. The van der Waals surface area contributed by atoms with Crippen molar-refractivity contribution in [3.63, 3.8) is 0 Å². The molecule has 168 valence electrons. The van der Waals surface area contributed by atoms with Gasteiger partial charge in [0.25, 0.3) is 0 Å². The van der Waals surface area contributed by atoms with E-state index in [2.05, 4.69) is 16.8 Å². The summed E-state index contributed by atoms with van der Waals surface area (Å²) in [6.07, 6.45) is -4.03. The van der Waals surface area contributed by atoms with Gasteiger partial charge in [-0.25, -0.2) is 8.42 Å². The highest BCUT2D eigenvalue weighted by molar-refractivity contribution is 7.93. The SMILES string of the molecule is [2H]c1[nH]c2c([2H])c([2H])c(C)c([2H])c2c1C([2H])([2H])C([2H])(CS(=O)(=O)c1ccc(C#Cc2ccc(C)cc2)s1)C(=O)O. The first kappa shape index (κ1) is 15.5. The number of hydrogen-bond acceptors (Lipinski definition) is 4. The topological polar surface area (TPSA) is 87.2 Å². The van der Waals surface area contributed by atoms with E-state index in [1.807, 2.05) is 19.1 Å². The van der Waals surface area contributed by atoms with E-state index in [0.29, 0.717) is 10.4 Å². The zero-order valence-corrected chi connectivity index (χ0v) is 19.3. The van der Waals surface area contributed by atoms with Gasteiger partial charge in [0, 0.05) is 26.8 Å². The summed E-state index contributed by atoms with van der Waals surface area (Å²) in [5, 5.41) is 9.66. The summed E-state index contributed by atoms with van der Waals surface area (Å²) in [5.74, 6) is -1.16. The molecule has 0 spiro atoms. The molecule has 0 aliphatic heterocycles. The molecule has 0 radical (unpaired) electrons. The maximum atomic E-state index is 13.3. The van der Waals surface area contributed by atoms with Gasteiger partial charge in [-0.1, -0.05) is 41.1 Å². The zero-order valence-electron chi connectivity index (χ0n) is 24.7. The first-order chi connectivity index (χ1) is 18.5. The molecule has 0 aliphatic rings.